The zero-order chi connectivity index (χ0) is 27.4. The minimum atomic E-state index is -1.08. The Kier molecular flexibility index (Phi) is 11.2. The Morgan fingerprint density at radius 1 is 1.11 bits per heavy atom. The largest absolute Gasteiger partial charge is 0.492 e. The first-order chi connectivity index (χ1) is 18.2. The van der Waals surface area contributed by atoms with Crippen LogP contribution in [0.4, 0.5) is 10.6 Å². The number of aromatic nitrogens is 1. The lowest BCUT2D eigenvalue weighted by atomic mass is 10.1. The van der Waals surface area contributed by atoms with Crippen molar-refractivity contribution in [3.8, 4) is 5.75 Å². The topological polar surface area (TPSA) is 113 Å². The summed E-state index contributed by atoms with van der Waals surface area (Å²) in [6.07, 6.45) is 4.56. The van der Waals surface area contributed by atoms with Crippen LogP contribution in [-0.2, 0) is 22.4 Å². The van der Waals surface area contributed by atoms with E-state index in [1.165, 1.54) is 5.56 Å². The van der Waals surface area contributed by atoms with Crippen molar-refractivity contribution in [3.05, 3.63) is 53.7 Å². The minimum Gasteiger partial charge on any atom is -0.492 e. The fraction of sp³-hybridized carbons (Fsp3) is 0.552. The Hall–Kier alpha value is -3.33. The quantitative estimate of drug-likeness (QED) is 0.308. The summed E-state index contributed by atoms with van der Waals surface area (Å²) in [5.41, 5.74) is 1.68. The molecule has 38 heavy (non-hydrogen) atoms. The van der Waals surface area contributed by atoms with E-state index in [0.717, 1.165) is 62.5 Å². The number of carboxylic acids is 1. The van der Waals surface area contributed by atoms with Crippen molar-refractivity contribution in [1.29, 1.82) is 0 Å². The number of rotatable bonds is 14. The molecule has 0 saturated carbocycles. The second kappa shape index (κ2) is 14.6. The average molecular weight is 527 g/mol. The van der Waals surface area contributed by atoms with Gasteiger partial charge in [-0.1, -0.05) is 24.3 Å². The summed E-state index contributed by atoms with van der Waals surface area (Å²) < 4.78 is 11.1. The number of nitrogens with one attached hydrogen (secondary N) is 2. The molecule has 1 aliphatic rings. The highest BCUT2D eigenvalue weighted by atomic mass is 16.6. The molecule has 1 aromatic carbocycles. The highest BCUT2D eigenvalue weighted by Gasteiger charge is 2.24. The first kappa shape index (κ1) is 29.2. The highest BCUT2D eigenvalue weighted by molar-refractivity contribution is 5.80. The molecule has 0 aliphatic carbocycles. The lowest BCUT2D eigenvalue weighted by molar-refractivity contribution is -0.139. The van der Waals surface area contributed by atoms with Gasteiger partial charge in [-0.05, 0) is 89.6 Å². The van der Waals surface area contributed by atoms with Crippen LogP contribution in [0.1, 0.15) is 57.7 Å². The fourth-order valence-corrected chi connectivity index (χ4v) is 4.31. The first-order valence-electron chi connectivity index (χ1n) is 13.5. The van der Waals surface area contributed by atoms with Crippen molar-refractivity contribution in [3.63, 3.8) is 0 Å². The van der Waals surface area contributed by atoms with E-state index in [9.17, 15) is 14.7 Å². The molecule has 208 valence electrons. The second-order valence-electron chi connectivity index (χ2n) is 10.6. The van der Waals surface area contributed by atoms with Gasteiger partial charge in [0, 0.05) is 25.3 Å². The second-order valence-corrected chi connectivity index (χ2v) is 10.6. The van der Waals surface area contributed by atoms with Crippen LogP contribution in [-0.4, -0.2) is 71.5 Å². The van der Waals surface area contributed by atoms with Gasteiger partial charge in [0.2, 0.25) is 0 Å². The van der Waals surface area contributed by atoms with Gasteiger partial charge in [0.05, 0.1) is 0 Å². The Balaban J connectivity index is 1.51. The molecule has 0 spiro atoms. The summed E-state index contributed by atoms with van der Waals surface area (Å²) in [6.45, 7) is 8.64. The molecule has 0 fully saturated rings. The monoisotopic (exact) mass is 526 g/mol. The molecule has 1 aromatic heterocycles. The van der Waals surface area contributed by atoms with Gasteiger partial charge in [0.25, 0.3) is 0 Å². The van der Waals surface area contributed by atoms with E-state index in [4.69, 9.17) is 14.5 Å². The summed E-state index contributed by atoms with van der Waals surface area (Å²) in [5.74, 6) is 0.739. The number of ether oxygens (including phenoxy) is 2. The third kappa shape index (κ3) is 10.6. The van der Waals surface area contributed by atoms with Crippen LogP contribution in [0.5, 0.6) is 5.75 Å². The van der Waals surface area contributed by atoms with Crippen molar-refractivity contribution < 1.29 is 24.2 Å². The van der Waals surface area contributed by atoms with E-state index in [1.54, 1.807) is 20.8 Å². The number of anilines is 1. The number of alkyl carbamates (subject to hydrolysis) is 1. The maximum Gasteiger partial charge on any atom is 0.408 e. The Bertz CT molecular complexity index is 1030. The van der Waals surface area contributed by atoms with E-state index < -0.39 is 23.7 Å². The van der Waals surface area contributed by atoms with Crippen molar-refractivity contribution in [2.75, 3.05) is 38.1 Å². The standard InChI is InChI=1S/C29H42N4O5/c1-29(2,3)38-28(36)32-25(27(34)35)16-19-33(20-21-37-24-12-5-4-6-13-24)18-8-7-11-23-15-14-22-10-9-17-30-26(22)31-23/h4-6,12-15,25H,7-11,16-21H2,1-3H3,(H,30,31)(H,32,36)(H,34,35)/t25-/m0/s1. The molecule has 2 aromatic rings. The van der Waals surface area contributed by atoms with Crippen LogP contribution >= 0.6 is 0 Å². The highest BCUT2D eigenvalue weighted by Crippen LogP contribution is 2.20. The van der Waals surface area contributed by atoms with Crippen molar-refractivity contribution >= 4 is 17.9 Å². The molecule has 0 saturated heterocycles. The zero-order valence-corrected chi connectivity index (χ0v) is 22.9. The molecule has 0 bridgehead atoms. The van der Waals surface area contributed by atoms with Gasteiger partial charge in [0.1, 0.15) is 29.8 Å². The number of amides is 1. The van der Waals surface area contributed by atoms with Crippen LogP contribution in [0.15, 0.2) is 42.5 Å². The molecule has 9 nitrogen and oxygen atoms in total. The number of carbonyl (C=O) groups is 2. The van der Waals surface area contributed by atoms with Crippen molar-refractivity contribution in [2.45, 2.75) is 70.9 Å². The summed E-state index contributed by atoms with van der Waals surface area (Å²) in [4.78, 5) is 30.9. The van der Waals surface area contributed by atoms with Gasteiger partial charge in [-0.15, -0.1) is 0 Å². The lowest BCUT2D eigenvalue weighted by Gasteiger charge is -2.25. The number of nitrogens with zero attached hydrogens (tertiary/aromatic N) is 2. The third-order valence-corrected chi connectivity index (χ3v) is 6.25. The van der Waals surface area contributed by atoms with Crippen LogP contribution in [0.25, 0.3) is 0 Å². The van der Waals surface area contributed by atoms with E-state index in [1.807, 2.05) is 30.3 Å². The molecular weight excluding hydrogens is 484 g/mol. The number of pyridine rings is 1. The number of hydrogen-bond acceptors (Lipinski definition) is 7. The van der Waals surface area contributed by atoms with Crippen LogP contribution in [0, 0.1) is 0 Å². The number of hydrogen-bond donors (Lipinski definition) is 3. The van der Waals surface area contributed by atoms with Crippen molar-refractivity contribution in [2.24, 2.45) is 0 Å². The summed E-state index contributed by atoms with van der Waals surface area (Å²) >= 11 is 0. The number of aryl methyl sites for hydroxylation is 2. The van der Waals surface area contributed by atoms with Crippen LogP contribution in [0.2, 0.25) is 0 Å². The summed E-state index contributed by atoms with van der Waals surface area (Å²) in [6, 6.07) is 12.9. The predicted octanol–water partition coefficient (Wildman–Crippen LogP) is 4.51. The van der Waals surface area contributed by atoms with Gasteiger partial charge >= 0.3 is 12.1 Å². The third-order valence-electron chi connectivity index (χ3n) is 6.25. The van der Waals surface area contributed by atoms with E-state index in [2.05, 4.69) is 27.7 Å². The van der Waals surface area contributed by atoms with E-state index >= 15 is 0 Å². The summed E-state index contributed by atoms with van der Waals surface area (Å²) in [5, 5.41) is 15.5. The summed E-state index contributed by atoms with van der Waals surface area (Å²) in [7, 11) is 0. The average Bonchev–Trinajstić information content (AvgIpc) is 2.87. The number of para-hydroxylation sites is 1. The molecule has 1 amide bonds. The number of carbonyl (C=O) groups excluding carboxylic acids is 1. The fourth-order valence-electron chi connectivity index (χ4n) is 4.31. The van der Waals surface area contributed by atoms with Crippen LogP contribution < -0.4 is 15.4 Å². The number of fused-ring (bicyclic) bond motifs is 1. The van der Waals surface area contributed by atoms with Gasteiger partial charge in [-0.3, -0.25) is 4.90 Å². The van der Waals surface area contributed by atoms with Gasteiger partial charge in [0.15, 0.2) is 0 Å². The minimum absolute atomic E-state index is 0.262. The van der Waals surface area contributed by atoms with Crippen LogP contribution in [0.3, 0.4) is 0 Å². The van der Waals surface area contributed by atoms with Gasteiger partial charge in [-0.25, -0.2) is 14.6 Å². The smallest absolute Gasteiger partial charge is 0.408 e. The van der Waals surface area contributed by atoms with E-state index in [0.29, 0.717) is 19.7 Å². The lowest BCUT2D eigenvalue weighted by Crippen LogP contribution is -2.45. The Labute approximate surface area is 225 Å². The zero-order valence-electron chi connectivity index (χ0n) is 22.9. The SMILES string of the molecule is CC(C)(C)OC(=O)N[C@@H](CCN(CCCCc1ccc2c(n1)NCCC2)CCOc1ccccc1)C(=O)O. The van der Waals surface area contributed by atoms with Crippen molar-refractivity contribution in [1.82, 2.24) is 15.2 Å². The Morgan fingerprint density at radius 3 is 2.63 bits per heavy atom. The predicted molar refractivity (Wildman–Crippen MR) is 148 cm³/mol. The molecule has 2 heterocycles. The van der Waals surface area contributed by atoms with Gasteiger partial charge < -0.3 is 25.2 Å². The van der Waals surface area contributed by atoms with Gasteiger partial charge in [-0.2, -0.15) is 0 Å². The normalized spacial score (nSPS) is 13.8. The molecule has 9 heteroatoms. The molecular formula is C29H42N4O5. The first-order valence-corrected chi connectivity index (χ1v) is 13.5. The number of unbranched alkanes of at least 4 members (excludes halogenated alkanes) is 1. The molecule has 3 rings (SSSR count). The number of aliphatic carboxylic acids is 1. The maximum absolute atomic E-state index is 12.1. The molecule has 3 N–H and O–H groups in total. The van der Waals surface area contributed by atoms with E-state index in [-0.39, 0.29) is 6.42 Å². The molecule has 1 atom stereocenters. The number of benzene rings is 1. The Morgan fingerprint density at radius 2 is 1.89 bits per heavy atom. The molecule has 0 unspecified atom stereocenters. The number of carboxylic acid groups (broad SMARTS) is 1. The maximum atomic E-state index is 12.1. The molecule has 1 aliphatic heterocycles. The molecule has 0 radical (unpaired) electrons.